The molecule has 2 amide bonds. The zero-order valence-corrected chi connectivity index (χ0v) is 19.9. The molecule has 0 radical (unpaired) electrons. The van der Waals surface area contributed by atoms with Crippen LogP contribution in [0.5, 0.6) is 5.75 Å². The fourth-order valence-corrected chi connectivity index (χ4v) is 4.32. The second-order valence-corrected chi connectivity index (χ2v) is 8.39. The summed E-state index contributed by atoms with van der Waals surface area (Å²) in [5.74, 6) is 1.28. The van der Waals surface area contributed by atoms with Crippen LogP contribution in [0.2, 0.25) is 0 Å². The van der Waals surface area contributed by atoms with Gasteiger partial charge < -0.3 is 20.3 Å². The standard InChI is InChI=1S/C26H31N5O3/c1-4-34-23-13-9-8-12-22(23)28-25(33)20-14-16-30(17-15-20)26-24(27-19(3)32)18(2)29-31(26)21-10-6-5-7-11-21/h5-13,20H,4,14-17H2,1-3H3,(H,27,32)(H,28,33). The van der Waals surface area contributed by atoms with Gasteiger partial charge in [0, 0.05) is 25.9 Å². The highest BCUT2D eigenvalue weighted by Crippen LogP contribution is 2.35. The van der Waals surface area contributed by atoms with E-state index >= 15 is 0 Å². The number of aromatic nitrogens is 2. The normalized spacial score (nSPS) is 14.0. The van der Waals surface area contributed by atoms with Gasteiger partial charge in [-0.1, -0.05) is 30.3 Å². The molecule has 178 valence electrons. The van der Waals surface area contributed by atoms with Crippen LogP contribution >= 0.6 is 0 Å². The van der Waals surface area contributed by atoms with Gasteiger partial charge in [0.05, 0.1) is 23.7 Å². The quantitative estimate of drug-likeness (QED) is 0.545. The number of anilines is 3. The van der Waals surface area contributed by atoms with Gasteiger partial charge in [-0.25, -0.2) is 4.68 Å². The highest BCUT2D eigenvalue weighted by Gasteiger charge is 2.30. The summed E-state index contributed by atoms with van der Waals surface area (Å²) in [6, 6.07) is 17.4. The molecule has 1 aromatic heterocycles. The summed E-state index contributed by atoms with van der Waals surface area (Å²) < 4.78 is 7.51. The first-order valence-corrected chi connectivity index (χ1v) is 11.7. The number of rotatable bonds is 7. The summed E-state index contributed by atoms with van der Waals surface area (Å²) in [6.45, 7) is 7.21. The number of ether oxygens (including phenoxy) is 1. The van der Waals surface area contributed by atoms with E-state index < -0.39 is 0 Å². The number of benzene rings is 2. The van der Waals surface area contributed by atoms with Gasteiger partial charge >= 0.3 is 0 Å². The van der Waals surface area contributed by atoms with Crippen molar-refractivity contribution in [2.75, 3.05) is 35.2 Å². The smallest absolute Gasteiger partial charge is 0.227 e. The number of carbonyl (C=O) groups excluding carboxylic acids is 2. The lowest BCUT2D eigenvalue weighted by Gasteiger charge is -2.33. The van der Waals surface area contributed by atoms with Crippen LogP contribution in [0, 0.1) is 12.8 Å². The van der Waals surface area contributed by atoms with Crippen molar-refractivity contribution in [1.82, 2.24) is 9.78 Å². The van der Waals surface area contributed by atoms with Crippen molar-refractivity contribution in [2.24, 2.45) is 5.92 Å². The molecule has 8 nitrogen and oxygen atoms in total. The van der Waals surface area contributed by atoms with E-state index in [-0.39, 0.29) is 17.7 Å². The first-order chi connectivity index (χ1) is 16.5. The Hall–Kier alpha value is -3.81. The number of para-hydroxylation sites is 3. The Morgan fingerprint density at radius 1 is 1.03 bits per heavy atom. The van der Waals surface area contributed by atoms with Crippen LogP contribution < -0.4 is 20.3 Å². The van der Waals surface area contributed by atoms with Crippen LogP contribution in [0.4, 0.5) is 17.2 Å². The predicted octanol–water partition coefficient (Wildman–Crippen LogP) is 4.39. The zero-order valence-electron chi connectivity index (χ0n) is 19.9. The van der Waals surface area contributed by atoms with Crippen LogP contribution in [0.15, 0.2) is 54.6 Å². The van der Waals surface area contributed by atoms with Crippen molar-refractivity contribution in [1.29, 1.82) is 0 Å². The van der Waals surface area contributed by atoms with E-state index in [1.807, 2.05) is 73.1 Å². The van der Waals surface area contributed by atoms with Gasteiger partial charge in [-0.2, -0.15) is 5.10 Å². The maximum absolute atomic E-state index is 13.0. The molecule has 0 atom stereocenters. The molecule has 2 heterocycles. The SMILES string of the molecule is CCOc1ccccc1NC(=O)C1CCN(c2c(NC(C)=O)c(C)nn2-c2ccccc2)CC1. The van der Waals surface area contributed by atoms with E-state index in [2.05, 4.69) is 15.5 Å². The lowest BCUT2D eigenvalue weighted by Crippen LogP contribution is -2.39. The molecular weight excluding hydrogens is 430 g/mol. The van der Waals surface area contributed by atoms with Crippen molar-refractivity contribution in [2.45, 2.75) is 33.6 Å². The van der Waals surface area contributed by atoms with Crippen LogP contribution in [0.25, 0.3) is 5.69 Å². The van der Waals surface area contributed by atoms with Crippen molar-refractivity contribution >= 4 is 29.0 Å². The van der Waals surface area contributed by atoms with Crippen LogP contribution in [-0.2, 0) is 9.59 Å². The van der Waals surface area contributed by atoms with E-state index in [1.165, 1.54) is 6.92 Å². The van der Waals surface area contributed by atoms with E-state index in [0.717, 1.165) is 17.2 Å². The summed E-state index contributed by atoms with van der Waals surface area (Å²) in [4.78, 5) is 27.1. The van der Waals surface area contributed by atoms with Gasteiger partial charge in [-0.3, -0.25) is 9.59 Å². The second kappa shape index (κ2) is 10.4. The topological polar surface area (TPSA) is 88.5 Å². The fourth-order valence-electron chi connectivity index (χ4n) is 4.32. The molecule has 0 spiro atoms. The molecule has 3 aromatic rings. The van der Waals surface area contributed by atoms with Gasteiger partial charge in [0.1, 0.15) is 11.4 Å². The maximum atomic E-state index is 13.0. The van der Waals surface area contributed by atoms with Crippen molar-refractivity contribution in [3.05, 3.63) is 60.3 Å². The number of hydrogen-bond acceptors (Lipinski definition) is 5. The molecule has 4 rings (SSSR count). The Morgan fingerprint density at radius 3 is 2.38 bits per heavy atom. The Bertz CT molecular complexity index is 1150. The minimum absolute atomic E-state index is 0.00151. The Labute approximate surface area is 199 Å². The molecular formula is C26H31N5O3. The number of nitrogens with zero attached hydrogens (tertiary/aromatic N) is 3. The van der Waals surface area contributed by atoms with Gasteiger partial charge in [-0.05, 0) is 51.0 Å². The molecule has 1 saturated heterocycles. The largest absolute Gasteiger partial charge is 0.492 e. The molecule has 8 heteroatoms. The summed E-state index contributed by atoms with van der Waals surface area (Å²) in [7, 11) is 0. The van der Waals surface area contributed by atoms with Crippen molar-refractivity contribution < 1.29 is 14.3 Å². The monoisotopic (exact) mass is 461 g/mol. The third-order valence-electron chi connectivity index (χ3n) is 5.95. The molecule has 2 N–H and O–H groups in total. The van der Waals surface area contributed by atoms with E-state index in [0.29, 0.717) is 49.7 Å². The molecule has 0 bridgehead atoms. The lowest BCUT2D eigenvalue weighted by molar-refractivity contribution is -0.120. The summed E-state index contributed by atoms with van der Waals surface area (Å²) in [5.41, 5.74) is 3.08. The molecule has 0 saturated carbocycles. The molecule has 1 aliphatic heterocycles. The number of carbonyl (C=O) groups is 2. The summed E-state index contributed by atoms with van der Waals surface area (Å²) in [6.07, 6.45) is 1.39. The van der Waals surface area contributed by atoms with Gasteiger partial charge in [-0.15, -0.1) is 0 Å². The Morgan fingerprint density at radius 2 is 1.71 bits per heavy atom. The second-order valence-electron chi connectivity index (χ2n) is 8.39. The third-order valence-corrected chi connectivity index (χ3v) is 5.95. The van der Waals surface area contributed by atoms with E-state index in [1.54, 1.807) is 0 Å². The lowest BCUT2D eigenvalue weighted by atomic mass is 9.95. The average Bonchev–Trinajstić information content (AvgIpc) is 3.16. The predicted molar refractivity (Wildman–Crippen MR) is 134 cm³/mol. The first kappa shape index (κ1) is 23.4. The first-order valence-electron chi connectivity index (χ1n) is 11.7. The molecule has 34 heavy (non-hydrogen) atoms. The summed E-state index contributed by atoms with van der Waals surface area (Å²) in [5, 5.41) is 10.7. The highest BCUT2D eigenvalue weighted by molar-refractivity contribution is 5.95. The fraction of sp³-hybridized carbons (Fsp3) is 0.346. The van der Waals surface area contributed by atoms with Crippen LogP contribution in [-0.4, -0.2) is 41.3 Å². The molecule has 1 fully saturated rings. The van der Waals surface area contributed by atoms with E-state index in [9.17, 15) is 9.59 Å². The van der Waals surface area contributed by atoms with Gasteiger partial charge in [0.2, 0.25) is 11.8 Å². The minimum Gasteiger partial charge on any atom is -0.492 e. The number of piperidine rings is 1. The van der Waals surface area contributed by atoms with Gasteiger partial charge in [0.15, 0.2) is 5.82 Å². The molecule has 2 aromatic carbocycles. The number of aryl methyl sites for hydroxylation is 1. The number of nitrogens with one attached hydrogen (secondary N) is 2. The van der Waals surface area contributed by atoms with Crippen molar-refractivity contribution in [3.8, 4) is 11.4 Å². The molecule has 0 unspecified atom stereocenters. The van der Waals surface area contributed by atoms with Gasteiger partial charge in [0.25, 0.3) is 0 Å². The zero-order chi connectivity index (χ0) is 24.1. The van der Waals surface area contributed by atoms with Crippen LogP contribution in [0.3, 0.4) is 0 Å². The Balaban J connectivity index is 1.52. The summed E-state index contributed by atoms with van der Waals surface area (Å²) >= 11 is 0. The minimum atomic E-state index is -0.140. The van der Waals surface area contributed by atoms with Crippen LogP contribution in [0.1, 0.15) is 32.4 Å². The molecule has 1 aliphatic rings. The van der Waals surface area contributed by atoms with E-state index in [4.69, 9.17) is 9.84 Å². The molecule has 0 aliphatic carbocycles. The highest BCUT2D eigenvalue weighted by atomic mass is 16.5. The Kier molecular flexibility index (Phi) is 7.15. The third kappa shape index (κ3) is 5.06. The van der Waals surface area contributed by atoms with Crippen molar-refractivity contribution in [3.63, 3.8) is 0 Å². The average molecular weight is 462 g/mol. The maximum Gasteiger partial charge on any atom is 0.227 e. The number of amides is 2. The number of hydrogen-bond donors (Lipinski definition) is 2.